The van der Waals surface area contributed by atoms with Gasteiger partial charge in [-0.25, -0.2) is 4.79 Å². The van der Waals surface area contributed by atoms with Crippen molar-refractivity contribution in [2.75, 3.05) is 6.61 Å². The van der Waals surface area contributed by atoms with Gasteiger partial charge in [0.25, 0.3) is 0 Å². The first kappa shape index (κ1) is 18.1. The summed E-state index contributed by atoms with van der Waals surface area (Å²) in [6.07, 6.45) is 2.12. The lowest BCUT2D eigenvalue weighted by molar-refractivity contribution is -0.155. The molecule has 0 saturated carbocycles. The molecule has 4 nitrogen and oxygen atoms in total. The van der Waals surface area contributed by atoms with Crippen molar-refractivity contribution in [1.29, 1.82) is 0 Å². The number of aliphatic hydroxyl groups is 1. The third kappa shape index (κ3) is 4.01. The van der Waals surface area contributed by atoms with Crippen LogP contribution in [0.1, 0.15) is 31.9 Å². The Hall–Kier alpha value is -2.20. The van der Waals surface area contributed by atoms with Crippen LogP contribution in [0.3, 0.4) is 0 Å². The molecule has 1 N–H and O–H groups in total. The summed E-state index contributed by atoms with van der Waals surface area (Å²) in [7, 11) is 0. The Labute approximate surface area is 143 Å². The standard InChI is InChI=1S/C18H19NO3.C2H6/c1-2-22-18(21)17(20)15-9-12-6-7-13(10-14(12)11-15)16-5-3-4-8-19-16;1-2/h3-8,10,15,17,20H,2,9,11H2,1H3;1-2H3. The molecule has 0 fully saturated rings. The summed E-state index contributed by atoms with van der Waals surface area (Å²) in [5, 5.41) is 10.1. The predicted molar refractivity (Wildman–Crippen MR) is 94.6 cm³/mol. The molecule has 0 spiro atoms. The van der Waals surface area contributed by atoms with Crippen LogP contribution in [0.2, 0.25) is 0 Å². The molecule has 0 amide bonds. The van der Waals surface area contributed by atoms with Crippen LogP contribution in [-0.2, 0) is 22.4 Å². The van der Waals surface area contributed by atoms with Gasteiger partial charge in [-0.15, -0.1) is 0 Å². The van der Waals surface area contributed by atoms with Gasteiger partial charge in [0, 0.05) is 17.7 Å². The Morgan fingerprint density at radius 3 is 2.67 bits per heavy atom. The summed E-state index contributed by atoms with van der Waals surface area (Å²) >= 11 is 0. The van der Waals surface area contributed by atoms with E-state index in [4.69, 9.17) is 4.74 Å². The minimum absolute atomic E-state index is 0.104. The lowest BCUT2D eigenvalue weighted by atomic mass is 9.99. The molecule has 24 heavy (non-hydrogen) atoms. The van der Waals surface area contributed by atoms with E-state index >= 15 is 0 Å². The number of aromatic nitrogens is 1. The quantitative estimate of drug-likeness (QED) is 0.874. The molecule has 1 aliphatic carbocycles. The minimum Gasteiger partial charge on any atom is -0.464 e. The number of carbonyl (C=O) groups is 1. The Morgan fingerprint density at radius 2 is 2.00 bits per heavy atom. The van der Waals surface area contributed by atoms with Gasteiger partial charge in [0.15, 0.2) is 6.10 Å². The van der Waals surface area contributed by atoms with Crippen molar-refractivity contribution >= 4 is 5.97 Å². The van der Waals surface area contributed by atoms with E-state index in [0.717, 1.165) is 11.3 Å². The monoisotopic (exact) mass is 327 g/mol. The third-order valence-electron chi connectivity index (χ3n) is 4.11. The Kier molecular flexibility index (Phi) is 6.50. The van der Waals surface area contributed by atoms with Crippen LogP contribution >= 0.6 is 0 Å². The van der Waals surface area contributed by atoms with Crippen molar-refractivity contribution in [1.82, 2.24) is 4.98 Å². The van der Waals surface area contributed by atoms with Gasteiger partial charge in [0.05, 0.1) is 12.3 Å². The number of pyridine rings is 1. The van der Waals surface area contributed by atoms with Crippen LogP contribution in [-0.4, -0.2) is 28.8 Å². The molecule has 1 heterocycles. The average molecular weight is 327 g/mol. The van der Waals surface area contributed by atoms with E-state index in [1.54, 1.807) is 13.1 Å². The molecule has 2 aromatic rings. The number of carbonyl (C=O) groups excluding carboxylic acids is 1. The number of rotatable bonds is 4. The molecular weight excluding hydrogens is 302 g/mol. The van der Waals surface area contributed by atoms with Gasteiger partial charge in [-0.3, -0.25) is 4.98 Å². The van der Waals surface area contributed by atoms with Crippen LogP contribution in [0.4, 0.5) is 0 Å². The van der Waals surface area contributed by atoms with E-state index in [2.05, 4.69) is 17.1 Å². The molecule has 0 aliphatic heterocycles. The molecule has 2 atom stereocenters. The fraction of sp³-hybridized carbons (Fsp3) is 0.400. The Bertz CT molecular complexity index is 670. The van der Waals surface area contributed by atoms with Crippen LogP contribution in [0.5, 0.6) is 0 Å². The summed E-state index contributed by atoms with van der Waals surface area (Å²) in [6, 6.07) is 12.0. The predicted octanol–water partition coefficient (Wildman–Crippen LogP) is 3.41. The Balaban J connectivity index is 0.00000100. The number of fused-ring (bicyclic) bond motifs is 1. The summed E-state index contributed by atoms with van der Waals surface area (Å²) in [6.45, 7) is 6.03. The maximum Gasteiger partial charge on any atom is 0.335 e. The molecule has 0 saturated heterocycles. The van der Waals surface area contributed by atoms with Crippen molar-refractivity contribution in [3.05, 3.63) is 53.7 Å². The highest BCUT2D eigenvalue weighted by molar-refractivity contribution is 5.75. The molecular formula is C20H25NO3. The van der Waals surface area contributed by atoms with Gasteiger partial charge < -0.3 is 9.84 Å². The summed E-state index contributed by atoms with van der Waals surface area (Å²) in [5.74, 6) is -0.627. The van der Waals surface area contributed by atoms with Crippen molar-refractivity contribution in [3.63, 3.8) is 0 Å². The number of esters is 1. The van der Waals surface area contributed by atoms with Gasteiger partial charge in [-0.05, 0) is 49.1 Å². The molecule has 1 aromatic carbocycles. The third-order valence-corrected chi connectivity index (χ3v) is 4.11. The molecule has 4 heteroatoms. The molecule has 3 rings (SSSR count). The highest BCUT2D eigenvalue weighted by atomic mass is 16.5. The summed E-state index contributed by atoms with van der Waals surface area (Å²) in [5.41, 5.74) is 4.36. The van der Waals surface area contributed by atoms with Crippen molar-refractivity contribution in [2.45, 2.75) is 39.7 Å². The molecule has 0 radical (unpaired) electrons. The van der Waals surface area contributed by atoms with Gasteiger partial charge in [0.2, 0.25) is 0 Å². The van der Waals surface area contributed by atoms with Crippen molar-refractivity contribution in [3.8, 4) is 11.3 Å². The first-order valence-corrected chi connectivity index (χ1v) is 8.57. The minimum atomic E-state index is -1.05. The number of benzene rings is 1. The molecule has 2 unspecified atom stereocenters. The number of aliphatic hydroxyl groups excluding tert-OH is 1. The first-order valence-electron chi connectivity index (χ1n) is 8.57. The maximum absolute atomic E-state index is 11.7. The second kappa shape index (κ2) is 8.60. The van der Waals surface area contributed by atoms with Gasteiger partial charge in [-0.1, -0.05) is 32.0 Å². The lowest BCUT2D eigenvalue weighted by Gasteiger charge is -2.15. The highest BCUT2D eigenvalue weighted by Crippen LogP contribution is 2.32. The van der Waals surface area contributed by atoms with Crippen molar-refractivity contribution < 1.29 is 14.6 Å². The maximum atomic E-state index is 11.7. The van der Waals surface area contributed by atoms with Crippen LogP contribution in [0, 0.1) is 5.92 Å². The van der Waals surface area contributed by atoms with E-state index in [0.29, 0.717) is 19.4 Å². The number of hydrogen-bond acceptors (Lipinski definition) is 4. The number of hydrogen-bond donors (Lipinski definition) is 1. The van der Waals surface area contributed by atoms with Crippen molar-refractivity contribution in [2.24, 2.45) is 5.92 Å². The van der Waals surface area contributed by atoms with E-state index in [1.165, 1.54) is 11.1 Å². The van der Waals surface area contributed by atoms with Gasteiger partial charge >= 0.3 is 5.97 Å². The van der Waals surface area contributed by atoms with E-state index in [1.807, 2.05) is 38.1 Å². The molecule has 0 bridgehead atoms. The number of nitrogens with zero attached hydrogens (tertiary/aromatic N) is 1. The Morgan fingerprint density at radius 1 is 1.25 bits per heavy atom. The summed E-state index contributed by atoms with van der Waals surface area (Å²) < 4.78 is 4.91. The summed E-state index contributed by atoms with van der Waals surface area (Å²) in [4.78, 5) is 16.0. The molecule has 1 aromatic heterocycles. The fourth-order valence-corrected chi connectivity index (χ4v) is 2.99. The zero-order valence-corrected chi connectivity index (χ0v) is 14.5. The molecule has 1 aliphatic rings. The zero-order valence-electron chi connectivity index (χ0n) is 14.5. The smallest absolute Gasteiger partial charge is 0.335 e. The van der Waals surface area contributed by atoms with E-state index in [9.17, 15) is 9.90 Å². The van der Waals surface area contributed by atoms with Crippen LogP contribution in [0.25, 0.3) is 11.3 Å². The van der Waals surface area contributed by atoms with Crippen LogP contribution in [0.15, 0.2) is 42.6 Å². The lowest BCUT2D eigenvalue weighted by Crippen LogP contribution is -2.31. The largest absolute Gasteiger partial charge is 0.464 e. The topological polar surface area (TPSA) is 59.4 Å². The second-order valence-electron chi connectivity index (χ2n) is 5.56. The highest BCUT2D eigenvalue weighted by Gasteiger charge is 2.32. The first-order chi connectivity index (χ1) is 11.7. The van der Waals surface area contributed by atoms with Gasteiger partial charge in [-0.2, -0.15) is 0 Å². The van der Waals surface area contributed by atoms with E-state index in [-0.39, 0.29) is 5.92 Å². The normalized spacial score (nSPS) is 16.6. The SMILES string of the molecule is CC.CCOC(=O)C(O)C1Cc2ccc(-c3ccccn3)cc2C1. The molecule has 128 valence electrons. The zero-order chi connectivity index (χ0) is 17.5. The van der Waals surface area contributed by atoms with E-state index < -0.39 is 12.1 Å². The van der Waals surface area contributed by atoms with Gasteiger partial charge in [0.1, 0.15) is 0 Å². The second-order valence-corrected chi connectivity index (χ2v) is 5.56. The van der Waals surface area contributed by atoms with Crippen LogP contribution < -0.4 is 0 Å². The fourth-order valence-electron chi connectivity index (χ4n) is 2.99. The average Bonchev–Trinajstić information content (AvgIpc) is 3.07. The number of ether oxygens (including phenoxy) is 1.